The molecule has 2 aromatic rings. The number of ether oxygens (including phenoxy) is 2. The van der Waals surface area contributed by atoms with E-state index in [2.05, 4.69) is 36.5 Å². The SMILES string of the molecule is CCn1ncc(C(C)NC(=S)Nc2ccc(OC)c(OC)c2)c1C. The first-order chi connectivity index (χ1) is 11.5. The number of hydrogen-bond acceptors (Lipinski definition) is 4. The number of anilines is 1. The summed E-state index contributed by atoms with van der Waals surface area (Å²) in [5, 5.41) is 11.4. The minimum Gasteiger partial charge on any atom is -0.493 e. The van der Waals surface area contributed by atoms with E-state index in [-0.39, 0.29) is 6.04 Å². The monoisotopic (exact) mass is 348 g/mol. The summed E-state index contributed by atoms with van der Waals surface area (Å²) in [6, 6.07) is 5.63. The summed E-state index contributed by atoms with van der Waals surface area (Å²) in [5.41, 5.74) is 3.11. The van der Waals surface area contributed by atoms with Gasteiger partial charge in [0.25, 0.3) is 0 Å². The molecule has 0 aliphatic carbocycles. The number of aromatic nitrogens is 2. The van der Waals surface area contributed by atoms with Gasteiger partial charge >= 0.3 is 0 Å². The molecule has 0 fully saturated rings. The molecule has 1 unspecified atom stereocenters. The number of methoxy groups -OCH3 is 2. The lowest BCUT2D eigenvalue weighted by Crippen LogP contribution is -2.31. The van der Waals surface area contributed by atoms with E-state index in [0.29, 0.717) is 16.6 Å². The van der Waals surface area contributed by atoms with Crippen molar-refractivity contribution in [3.63, 3.8) is 0 Å². The number of aryl methyl sites for hydroxylation is 1. The van der Waals surface area contributed by atoms with Gasteiger partial charge in [-0.3, -0.25) is 4.68 Å². The van der Waals surface area contributed by atoms with Gasteiger partial charge in [0.2, 0.25) is 0 Å². The fourth-order valence-electron chi connectivity index (χ4n) is 2.56. The standard InChI is InChI=1S/C17H24N4O2S/c1-6-21-12(3)14(10-18-21)11(2)19-17(24)20-13-7-8-15(22-4)16(9-13)23-5/h7-11H,6H2,1-5H3,(H2,19,20,24). The number of rotatable bonds is 6. The fourth-order valence-corrected chi connectivity index (χ4v) is 2.86. The van der Waals surface area contributed by atoms with Crippen LogP contribution in [0.25, 0.3) is 0 Å². The predicted molar refractivity (Wildman–Crippen MR) is 100.0 cm³/mol. The van der Waals surface area contributed by atoms with E-state index in [0.717, 1.165) is 23.5 Å². The van der Waals surface area contributed by atoms with E-state index in [9.17, 15) is 0 Å². The van der Waals surface area contributed by atoms with E-state index in [1.807, 2.05) is 29.1 Å². The fraction of sp³-hybridized carbons (Fsp3) is 0.412. The first-order valence-corrected chi connectivity index (χ1v) is 8.22. The second-order valence-electron chi connectivity index (χ2n) is 5.39. The van der Waals surface area contributed by atoms with Crippen LogP contribution in [-0.2, 0) is 6.54 Å². The Morgan fingerprint density at radius 1 is 1.29 bits per heavy atom. The Kier molecular flexibility index (Phi) is 6.03. The minimum absolute atomic E-state index is 0.0606. The van der Waals surface area contributed by atoms with Crippen molar-refractivity contribution < 1.29 is 9.47 Å². The van der Waals surface area contributed by atoms with E-state index in [1.165, 1.54) is 0 Å². The molecule has 6 nitrogen and oxygen atoms in total. The van der Waals surface area contributed by atoms with E-state index in [4.69, 9.17) is 21.7 Å². The molecule has 0 saturated carbocycles. The van der Waals surface area contributed by atoms with Gasteiger partial charge in [0, 0.05) is 29.6 Å². The van der Waals surface area contributed by atoms with Crippen molar-refractivity contribution in [3.8, 4) is 11.5 Å². The summed E-state index contributed by atoms with van der Waals surface area (Å²) >= 11 is 5.41. The van der Waals surface area contributed by atoms with Crippen molar-refractivity contribution in [2.45, 2.75) is 33.4 Å². The molecule has 1 aromatic heterocycles. The van der Waals surface area contributed by atoms with Gasteiger partial charge < -0.3 is 20.1 Å². The van der Waals surface area contributed by atoms with Gasteiger partial charge in [-0.05, 0) is 45.1 Å². The molecule has 0 aliphatic rings. The maximum atomic E-state index is 5.41. The Morgan fingerprint density at radius 3 is 2.58 bits per heavy atom. The van der Waals surface area contributed by atoms with Crippen LogP contribution in [0.2, 0.25) is 0 Å². The summed E-state index contributed by atoms with van der Waals surface area (Å²) in [5.74, 6) is 1.33. The third kappa shape index (κ3) is 3.97. The highest BCUT2D eigenvalue weighted by Gasteiger charge is 2.14. The van der Waals surface area contributed by atoms with Crippen LogP contribution in [0.4, 0.5) is 5.69 Å². The topological polar surface area (TPSA) is 60.3 Å². The average Bonchev–Trinajstić information content (AvgIpc) is 2.95. The van der Waals surface area contributed by atoms with Crippen LogP contribution in [-0.4, -0.2) is 29.1 Å². The zero-order valence-corrected chi connectivity index (χ0v) is 15.5. The molecule has 0 spiro atoms. The lowest BCUT2D eigenvalue weighted by molar-refractivity contribution is 0.355. The lowest BCUT2D eigenvalue weighted by atomic mass is 10.1. The van der Waals surface area contributed by atoms with Crippen LogP contribution in [0, 0.1) is 6.92 Å². The molecule has 130 valence electrons. The van der Waals surface area contributed by atoms with E-state index >= 15 is 0 Å². The summed E-state index contributed by atoms with van der Waals surface area (Å²) in [4.78, 5) is 0. The van der Waals surface area contributed by atoms with E-state index < -0.39 is 0 Å². The quantitative estimate of drug-likeness (QED) is 0.781. The Morgan fingerprint density at radius 2 is 2.00 bits per heavy atom. The molecule has 0 amide bonds. The Bertz CT molecular complexity index is 715. The smallest absolute Gasteiger partial charge is 0.171 e. The van der Waals surface area contributed by atoms with Crippen LogP contribution in [0.15, 0.2) is 24.4 Å². The molecule has 24 heavy (non-hydrogen) atoms. The van der Waals surface area contributed by atoms with Crippen LogP contribution in [0.5, 0.6) is 11.5 Å². The average molecular weight is 348 g/mol. The summed E-state index contributed by atoms with van der Waals surface area (Å²) < 4.78 is 12.5. The molecular formula is C17H24N4O2S. The number of benzene rings is 1. The second-order valence-corrected chi connectivity index (χ2v) is 5.80. The maximum absolute atomic E-state index is 5.41. The molecule has 2 rings (SSSR count). The molecule has 0 radical (unpaired) electrons. The highest BCUT2D eigenvalue weighted by Crippen LogP contribution is 2.29. The molecule has 1 atom stereocenters. The Balaban J connectivity index is 2.03. The molecule has 1 heterocycles. The summed E-state index contributed by atoms with van der Waals surface area (Å²) in [6.45, 7) is 7.06. The third-order valence-corrected chi connectivity index (χ3v) is 4.12. The molecule has 2 N–H and O–H groups in total. The predicted octanol–water partition coefficient (Wildman–Crippen LogP) is 3.28. The lowest BCUT2D eigenvalue weighted by Gasteiger charge is -2.18. The Labute approximate surface area is 148 Å². The molecule has 0 saturated heterocycles. The summed E-state index contributed by atoms with van der Waals surface area (Å²) in [6.07, 6.45) is 1.88. The van der Waals surface area contributed by atoms with Crippen molar-refractivity contribution in [2.24, 2.45) is 0 Å². The van der Waals surface area contributed by atoms with Gasteiger partial charge in [0.05, 0.1) is 26.5 Å². The van der Waals surface area contributed by atoms with Crippen molar-refractivity contribution in [1.82, 2.24) is 15.1 Å². The second kappa shape index (κ2) is 8.01. The highest BCUT2D eigenvalue weighted by atomic mass is 32.1. The number of nitrogens with zero attached hydrogens (tertiary/aromatic N) is 2. The van der Waals surface area contributed by atoms with Crippen molar-refractivity contribution in [3.05, 3.63) is 35.7 Å². The molecule has 0 aliphatic heterocycles. The summed E-state index contributed by atoms with van der Waals surface area (Å²) in [7, 11) is 3.21. The van der Waals surface area contributed by atoms with Gasteiger partial charge in [0.15, 0.2) is 16.6 Å². The normalized spacial score (nSPS) is 11.7. The first kappa shape index (κ1) is 18.1. The number of hydrogen-bond donors (Lipinski definition) is 2. The number of thiocarbonyl (C=S) groups is 1. The zero-order chi connectivity index (χ0) is 17.7. The van der Waals surface area contributed by atoms with Crippen LogP contribution < -0.4 is 20.1 Å². The van der Waals surface area contributed by atoms with Crippen molar-refractivity contribution in [2.75, 3.05) is 19.5 Å². The Hall–Kier alpha value is -2.28. The molecule has 1 aromatic carbocycles. The van der Waals surface area contributed by atoms with E-state index in [1.54, 1.807) is 14.2 Å². The van der Waals surface area contributed by atoms with Crippen molar-refractivity contribution in [1.29, 1.82) is 0 Å². The maximum Gasteiger partial charge on any atom is 0.171 e. The first-order valence-electron chi connectivity index (χ1n) is 7.82. The molecule has 7 heteroatoms. The van der Waals surface area contributed by atoms with Gasteiger partial charge in [-0.1, -0.05) is 0 Å². The van der Waals surface area contributed by atoms with Gasteiger partial charge in [-0.25, -0.2) is 0 Å². The zero-order valence-electron chi connectivity index (χ0n) is 14.7. The third-order valence-electron chi connectivity index (χ3n) is 3.90. The minimum atomic E-state index is 0.0606. The van der Waals surface area contributed by atoms with Crippen LogP contribution in [0.1, 0.15) is 31.1 Å². The largest absolute Gasteiger partial charge is 0.493 e. The van der Waals surface area contributed by atoms with Gasteiger partial charge in [-0.15, -0.1) is 0 Å². The van der Waals surface area contributed by atoms with Gasteiger partial charge in [0.1, 0.15) is 0 Å². The molecule has 0 bridgehead atoms. The van der Waals surface area contributed by atoms with Crippen molar-refractivity contribution >= 4 is 23.0 Å². The number of nitrogens with one attached hydrogen (secondary N) is 2. The van der Waals surface area contributed by atoms with Crippen LogP contribution >= 0.6 is 12.2 Å². The van der Waals surface area contributed by atoms with Gasteiger partial charge in [-0.2, -0.15) is 5.10 Å². The molecular weight excluding hydrogens is 324 g/mol. The highest BCUT2D eigenvalue weighted by molar-refractivity contribution is 7.80. The van der Waals surface area contributed by atoms with Crippen LogP contribution in [0.3, 0.4) is 0 Å².